The van der Waals surface area contributed by atoms with E-state index in [0.717, 1.165) is 23.2 Å². The van der Waals surface area contributed by atoms with E-state index in [2.05, 4.69) is 51.8 Å². The third-order valence-corrected chi connectivity index (χ3v) is 3.92. The van der Waals surface area contributed by atoms with E-state index in [4.69, 9.17) is 0 Å². The van der Waals surface area contributed by atoms with Gasteiger partial charge in [0.1, 0.15) is 5.82 Å². The molecular formula is C19H20FN5. The number of halogens is 1. The maximum atomic E-state index is 12.9. The molecular weight excluding hydrogens is 317 g/mol. The summed E-state index contributed by atoms with van der Waals surface area (Å²) in [4.78, 5) is 4.45. The second-order valence-corrected chi connectivity index (χ2v) is 5.73. The van der Waals surface area contributed by atoms with Crippen LogP contribution in [0.25, 0.3) is 0 Å². The van der Waals surface area contributed by atoms with Crippen LogP contribution in [0.3, 0.4) is 0 Å². The van der Waals surface area contributed by atoms with Gasteiger partial charge in [0, 0.05) is 12.2 Å². The third-order valence-electron chi connectivity index (χ3n) is 3.92. The smallest absolute Gasteiger partial charge is 0.244 e. The van der Waals surface area contributed by atoms with Crippen LogP contribution in [0.15, 0.2) is 48.7 Å². The molecule has 2 aromatic carbocycles. The maximum Gasteiger partial charge on any atom is 0.244 e. The minimum absolute atomic E-state index is 0.252. The number of para-hydroxylation sites is 1. The fraction of sp³-hybridized carbons (Fsp3) is 0.211. The van der Waals surface area contributed by atoms with Gasteiger partial charge in [0.05, 0.1) is 6.20 Å². The van der Waals surface area contributed by atoms with Gasteiger partial charge in [-0.2, -0.15) is 10.1 Å². The van der Waals surface area contributed by atoms with Gasteiger partial charge in [0.2, 0.25) is 5.95 Å². The van der Waals surface area contributed by atoms with Gasteiger partial charge in [0.15, 0.2) is 5.82 Å². The zero-order valence-corrected chi connectivity index (χ0v) is 14.3. The number of aryl methyl sites for hydroxylation is 2. The predicted octanol–water partition coefficient (Wildman–Crippen LogP) is 4.24. The Morgan fingerprint density at radius 3 is 2.64 bits per heavy atom. The average molecular weight is 337 g/mol. The van der Waals surface area contributed by atoms with E-state index >= 15 is 0 Å². The van der Waals surface area contributed by atoms with Crippen molar-refractivity contribution in [3.63, 3.8) is 0 Å². The highest BCUT2D eigenvalue weighted by Gasteiger charge is 2.07. The molecule has 2 N–H and O–H groups in total. The Balaban J connectivity index is 1.72. The van der Waals surface area contributed by atoms with Crippen LogP contribution in [-0.2, 0) is 13.0 Å². The third kappa shape index (κ3) is 4.29. The van der Waals surface area contributed by atoms with Crippen LogP contribution in [0.4, 0.5) is 21.8 Å². The molecule has 0 atom stereocenters. The molecule has 1 aromatic heterocycles. The van der Waals surface area contributed by atoms with Crippen molar-refractivity contribution in [2.24, 2.45) is 0 Å². The van der Waals surface area contributed by atoms with Crippen molar-refractivity contribution in [1.82, 2.24) is 15.2 Å². The number of nitrogens with zero attached hydrogens (tertiary/aromatic N) is 3. The van der Waals surface area contributed by atoms with Crippen LogP contribution in [0.1, 0.15) is 23.6 Å². The highest BCUT2D eigenvalue weighted by molar-refractivity contribution is 5.64. The van der Waals surface area contributed by atoms with Crippen molar-refractivity contribution >= 4 is 17.5 Å². The SMILES string of the molecule is CCc1cccc(C)c1Nc1cnnc(NCc2ccc(F)cc2)n1. The van der Waals surface area contributed by atoms with Crippen LogP contribution in [0.2, 0.25) is 0 Å². The Kier molecular flexibility index (Phi) is 5.18. The van der Waals surface area contributed by atoms with Gasteiger partial charge < -0.3 is 10.6 Å². The lowest BCUT2D eigenvalue weighted by Gasteiger charge is -2.13. The van der Waals surface area contributed by atoms with E-state index < -0.39 is 0 Å². The number of hydrogen-bond donors (Lipinski definition) is 2. The quantitative estimate of drug-likeness (QED) is 0.704. The maximum absolute atomic E-state index is 12.9. The lowest BCUT2D eigenvalue weighted by atomic mass is 10.1. The second-order valence-electron chi connectivity index (χ2n) is 5.73. The summed E-state index contributed by atoms with van der Waals surface area (Å²) in [5.41, 5.74) is 4.36. The minimum atomic E-state index is -0.252. The average Bonchev–Trinajstić information content (AvgIpc) is 2.63. The van der Waals surface area contributed by atoms with E-state index in [1.807, 2.05) is 6.07 Å². The van der Waals surface area contributed by atoms with Gasteiger partial charge in [-0.15, -0.1) is 5.10 Å². The summed E-state index contributed by atoms with van der Waals surface area (Å²) >= 11 is 0. The Morgan fingerprint density at radius 1 is 1.08 bits per heavy atom. The standard InChI is InChI=1S/C19H20FN5/c1-3-15-6-4-5-13(2)18(15)23-17-12-22-25-19(24-17)21-11-14-7-9-16(20)10-8-14/h4-10,12H,3,11H2,1-2H3,(H2,21,23,24,25). The largest absolute Gasteiger partial charge is 0.349 e. The Labute approximate surface area is 146 Å². The highest BCUT2D eigenvalue weighted by atomic mass is 19.1. The predicted molar refractivity (Wildman–Crippen MR) is 97.4 cm³/mol. The van der Waals surface area contributed by atoms with Crippen molar-refractivity contribution in [3.05, 3.63) is 71.2 Å². The number of aromatic nitrogens is 3. The zero-order chi connectivity index (χ0) is 17.6. The molecule has 5 nitrogen and oxygen atoms in total. The molecule has 0 saturated heterocycles. The van der Waals surface area contributed by atoms with Crippen LogP contribution < -0.4 is 10.6 Å². The van der Waals surface area contributed by atoms with E-state index in [9.17, 15) is 4.39 Å². The first-order chi connectivity index (χ1) is 12.2. The molecule has 0 aliphatic carbocycles. The lowest BCUT2D eigenvalue weighted by Crippen LogP contribution is -2.07. The Morgan fingerprint density at radius 2 is 1.88 bits per heavy atom. The van der Waals surface area contributed by atoms with Gasteiger partial charge >= 0.3 is 0 Å². The van der Waals surface area contributed by atoms with Crippen LogP contribution in [0.5, 0.6) is 0 Å². The summed E-state index contributed by atoms with van der Waals surface area (Å²) in [5, 5.41) is 14.4. The van der Waals surface area contributed by atoms with Gasteiger partial charge in [-0.3, -0.25) is 0 Å². The van der Waals surface area contributed by atoms with Gasteiger partial charge in [-0.05, 0) is 42.2 Å². The van der Waals surface area contributed by atoms with E-state index in [0.29, 0.717) is 18.3 Å². The molecule has 0 amide bonds. The van der Waals surface area contributed by atoms with Crippen molar-refractivity contribution in [3.8, 4) is 0 Å². The summed E-state index contributed by atoms with van der Waals surface area (Å²) in [6, 6.07) is 12.5. The monoisotopic (exact) mass is 337 g/mol. The zero-order valence-electron chi connectivity index (χ0n) is 14.3. The molecule has 0 aliphatic heterocycles. The fourth-order valence-corrected chi connectivity index (χ4v) is 2.55. The Bertz CT molecular complexity index is 849. The molecule has 0 bridgehead atoms. The first-order valence-electron chi connectivity index (χ1n) is 8.19. The second kappa shape index (κ2) is 7.70. The van der Waals surface area contributed by atoms with Gasteiger partial charge in [-0.1, -0.05) is 37.3 Å². The molecule has 128 valence electrons. The van der Waals surface area contributed by atoms with Crippen LogP contribution >= 0.6 is 0 Å². The first kappa shape index (κ1) is 16.8. The molecule has 0 radical (unpaired) electrons. The Hall–Kier alpha value is -3.02. The number of anilines is 3. The summed E-state index contributed by atoms with van der Waals surface area (Å²) in [6.07, 6.45) is 2.52. The minimum Gasteiger partial charge on any atom is -0.349 e. The first-order valence-corrected chi connectivity index (χ1v) is 8.19. The van der Waals surface area contributed by atoms with Crippen molar-refractivity contribution < 1.29 is 4.39 Å². The molecule has 0 spiro atoms. The molecule has 3 aromatic rings. The number of benzene rings is 2. The molecule has 3 rings (SSSR count). The van der Waals surface area contributed by atoms with E-state index in [1.165, 1.54) is 17.7 Å². The van der Waals surface area contributed by atoms with E-state index in [1.54, 1.807) is 18.3 Å². The molecule has 0 saturated carbocycles. The van der Waals surface area contributed by atoms with Crippen LogP contribution in [-0.4, -0.2) is 15.2 Å². The molecule has 0 fully saturated rings. The summed E-state index contributed by atoms with van der Waals surface area (Å²) < 4.78 is 12.9. The van der Waals surface area contributed by atoms with Crippen LogP contribution in [0, 0.1) is 12.7 Å². The topological polar surface area (TPSA) is 62.7 Å². The fourth-order valence-electron chi connectivity index (χ4n) is 2.55. The number of nitrogens with one attached hydrogen (secondary N) is 2. The molecule has 0 unspecified atom stereocenters. The molecule has 0 aliphatic rings. The highest BCUT2D eigenvalue weighted by Crippen LogP contribution is 2.24. The van der Waals surface area contributed by atoms with Crippen molar-refractivity contribution in [2.75, 3.05) is 10.6 Å². The normalized spacial score (nSPS) is 10.5. The summed E-state index contributed by atoms with van der Waals surface area (Å²) in [6.45, 7) is 4.67. The van der Waals surface area contributed by atoms with E-state index in [-0.39, 0.29) is 5.82 Å². The summed E-state index contributed by atoms with van der Waals surface area (Å²) in [5.74, 6) is 0.791. The van der Waals surface area contributed by atoms with Crippen molar-refractivity contribution in [2.45, 2.75) is 26.8 Å². The number of rotatable bonds is 6. The summed E-state index contributed by atoms with van der Waals surface area (Å²) in [7, 11) is 0. The lowest BCUT2D eigenvalue weighted by molar-refractivity contribution is 0.627. The van der Waals surface area contributed by atoms with Gasteiger partial charge in [-0.25, -0.2) is 4.39 Å². The number of hydrogen-bond acceptors (Lipinski definition) is 5. The molecule has 25 heavy (non-hydrogen) atoms. The van der Waals surface area contributed by atoms with Gasteiger partial charge in [0.25, 0.3) is 0 Å². The molecule has 1 heterocycles. The van der Waals surface area contributed by atoms with Crippen molar-refractivity contribution in [1.29, 1.82) is 0 Å². The molecule has 6 heteroatoms.